The first-order valence-electron chi connectivity index (χ1n) is 9.10. The Morgan fingerprint density at radius 2 is 1.33 bits per heavy atom. The predicted octanol–water partition coefficient (Wildman–Crippen LogP) is 1.98. The summed E-state index contributed by atoms with van der Waals surface area (Å²) in [5.74, 6) is -4.38. The van der Waals surface area contributed by atoms with E-state index in [1.807, 2.05) is 30.3 Å². The average molecular weight is 413 g/mol. The van der Waals surface area contributed by atoms with Gasteiger partial charge in [-0.2, -0.15) is 0 Å². The minimum Gasteiger partial charge on any atom is -0.469 e. The molecule has 2 rings (SSSR count). The topological polar surface area (TPSA) is 108 Å². The molecule has 0 saturated carbocycles. The molecule has 0 radical (unpaired) electrons. The third kappa shape index (κ3) is 5.66. The minimum atomic E-state index is -1.43. The molecule has 0 unspecified atom stereocenters. The summed E-state index contributed by atoms with van der Waals surface area (Å²) in [7, 11) is 3.38. The fourth-order valence-electron chi connectivity index (χ4n) is 2.87. The molecule has 1 N–H and O–H groups in total. The van der Waals surface area contributed by atoms with Crippen LogP contribution in [0.4, 0.5) is 0 Å². The molecule has 0 aliphatic heterocycles. The van der Waals surface area contributed by atoms with Crippen molar-refractivity contribution in [1.29, 1.82) is 0 Å². The lowest BCUT2D eigenvalue weighted by molar-refractivity contribution is -0.158. The molecule has 0 bridgehead atoms. The molecular weight excluding hydrogens is 390 g/mol. The van der Waals surface area contributed by atoms with Crippen LogP contribution in [0.1, 0.15) is 16.8 Å². The van der Waals surface area contributed by atoms with Crippen LogP contribution in [-0.4, -0.2) is 51.2 Å². The lowest BCUT2D eigenvalue weighted by Crippen LogP contribution is -2.50. The third-order valence-corrected chi connectivity index (χ3v) is 4.52. The van der Waals surface area contributed by atoms with Gasteiger partial charge in [0.1, 0.15) is 6.04 Å². The number of hydrogen-bond donors (Lipinski definition) is 1. The van der Waals surface area contributed by atoms with E-state index >= 15 is 0 Å². The second kappa shape index (κ2) is 10.8. The highest BCUT2D eigenvalue weighted by atomic mass is 16.5. The third-order valence-electron chi connectivity index (χ3n) is 4.52. The van der Waals surface area contributed by atoms with Crippen molar-refractivity contribution in [1.82, 2.24) is 5.32 Å². The fraction of sp³-hybridized carbons (Fsp3) is 0.273. The van der Waals surface area contributed by atoms with Crippen LogP contribution in [0.25, 0.3) is 11.1 Å². The Bertz CT molecular complexity index is 893. The van der Waals surface area contributed by atoms with E-state index in [9.17, 15) is 19.2 Å². The molecule has 0 saturated heterocycles. The Labute approximate surface area is 174 Å². The quantitative estimate of drug-likeness (QED) is 0.521. The van der Waals surface area contributed by atoms with E-state index in [4.69, 9.17) is 4.74 Å². The van der Waals surface area contributed by atoms with Gasteiger partial charge < -0.3 is 19.5 Å². The van der Waals surface area contributed by atoms with Crippen LogP contribution in [0.15, 0.2) is 54.6 Å². The van der Waals surface area contributed by atoms with Crippen LogP contribution in [0.3, 0.4) is 0 Å². The first-order valence-corrected chi connectivity index (χ1v) is 9.10. The molecule has 0 aliphatic rings. The normalized spacial score (nSPS) is 12.2. The van der Waals surface area contributed by atoms with Gasteiger partial charge in [-0.05, 0) is 23.3 Å². The van der Waals surface area contributed by atoms with Crippen molar-refractivity contribution in [3.8, 4) is 11.1 Å². The Hall–Kier alpha value is -3.68. The SMILES string of the molecule is COC(=O)C[C@@H](C(=O)OC)[C@@H](NC(=O)c1ccc(-c2ccccc2)cc1)C(=O)OC. The Morgan fingerprint density at radius 3 is 1.87 bits per heavy atom. The number of carbonyl (C=O) groups excluding carboxylic acids is 4. The van der Waals surface area contributed by atoms with E-state index in [0.29, 0.717) is 0 Å². The molecule has 2 atom stereocenters. The van der Waals surface area contributed by atoms with Crippen LogP contribution < -0.4 is 5.32 Å². The van der Waals surface area contributed by atoms with Crippen molar-refractivity contribution >= 4 is 23.8 Å². The van der Waals surface area contributed by atoms with E-state index in [0.717, 1.165) is 32.5 Å². The molecule has 0 heterocycles. The number of benzene rings is 2. The van der Waals surface area contributed by atoms with Gasteiger partial charge in [-0.25, -0.2) is 4.79 Å². The van der Waals surface area contributed by atoms with E-state index in [1.165, 1.54) is 0 Å². The van der Waals surface area contributed by atoms with Gasteiger partial charge in [0, 0.05) is 5.56 Å². The lowest BCUT2D eigenvalue weighted by Gasteiger charge is -2.23. The number of amides is 1. The number of rotatable bonds is 8. The van der Waals surface area contributed by atoms with E-state index in [2.05, 4.69) is 14.8 Å². The van der Waals surface area contributed by atoms with Crippen LogP contribution >= 0.6 is 0 Å². The smallest absolute Gasteiger partial charge is 0.329 e. The highest BCUT2D eigenvalue weighted by Gasteiger charge is 2.38. The number of methoxy groups -OCH3 is 3. The standard InChI is InChI=1S/C22H23NO7/c1-28-18(24)13-17(21(26)29-2)19(22(27)30-3)23-20(25)16-11-9-15(10-12-16)14-7-5-4-6-8-14/h4-12,17,19H,13H2,1-3H3,(H,23,25)/t17-,19-/m1/s1. The van der Waals surface area contributed by atoms with Crippen molar-refractivity contribution in [2.75, 3.05) is 21.3 Å². The molecule has 158 valence electrons. The molecule has 2 aromatic carbocycles. The predicted molar refractivity (Wildman–Crippen MR) is 107 cm³/mol. The molecule has 0 fully saturated rings. The number of esters is 3. The van der Waals surface area contributed by atoms with E-state index in [-0.39, 0.29) is 5.56 Å². The molecule has 8 nitrogen and oxygen atoms in total. The summed E-state index contributed by atoms with van der Waals surface area (Å²) < 4.78 is 14.0. The van der Waals surface area contributed by atoms with Gasteiger partial charge in [0.15, 0.2) is 0 Å². The summed E-state index contributed by atoms with van der Waals surface area (Å²) in [6.45, 7) is 0. The van der Waals surface area contributed by atoms with Crippen LogP contribution in [0, 0.1) is 5.92 Å². The second-order valence-corrected chi connectivity index (χ2v) is 6.33. The Kier molecular flexibility index (Phi) is 8.10. The first kappa shape index (κ1) is 22.6. The van der Waals surface area contributed by atoms with E-state index in [1.54, 1.807) is 24.3 Å². The summed E-state index contributed by atoms with van der Waals surface area (Å²) in [5, 5.41) is 2.47. The molecule has 0 aromatic heterocycles. The van der Waals surface area contributed by atoms with Crippen LogP contribution in [0.2, 0.25) is 0 Å². The van der Waals surface area contributed by atoms with Crippen molar-refractivity contribution in [2.45, 2.75) is 12.5 Å². The fourth-order valence-corrected chi connectivity index (χ4v) is 2.87. The first-order chi connectivity index (χ1) is 14.4. The van der Waals surface area contributed by atoms with Crippen LogP contribution in [-0.2, 0) is 28.6 Å². The van der Waals surface area contributed by atoms with Gasteiger partial charge in [0.05, 0.1) is 33.7 Å². The zero-order valence-electron chi connectivity index (χ0n) is 16.9. The number of ether oxygens (including phenoxy) is 3. The van der Waals surface area contributed by atoms with Gasteiger partial charge in [-0.15, -0.1) is 0 Å². The monoisotopic (exact) mass is 413 g/mol. The molecule has 30 heavy (non-hydrogen) atoms. The van der Waals surface area contributed by atoms with Gasteiger partial charge in [-0.3, -0.25) is 14.4 Å². The molecule has 1 amide bonds. The summed E-state index contributed by atoms with van der Waals surface area (Å²) in [4.78, 5) is 48.8. The molecule has 2 aromatic rings. The van der Waals surface area contributed by atoms with Crippen molar-refractivity contribution in [3.63, 3.8) is 0 Å². The molecule has 0 spiro atoms. The van der Waals surface area contributed by atoms with Crippen molar-refractivity contribution in [3.05, 3.63) is 60.2 Å². The number of hydrogen-bond acceptors (Lipinski definition) is 7. The second-order valence-electron chi connectivity index (χ2n) is 6.33. The molecule has 0 aliphatic carbocycles. The molecular formula is C22H23NO7. The van der Waals surface area contributed by atoms with Gasteiger partial charge >= 0.3 is 17.9 Å². The largest absolute Gasteiger partial charge is 0.469 e. The van der Waals surface area contributed by atoms with Crippen molar-refractivity contribution in [2.24, 2.45) is 5.92 Å². The maximum absolute atomic E-state index is 12.7. The maximum atomic E-state index is 12.7. The number of nitrogens with one attached hydrogen (secondary N) is 1. The maximum Gasteiger partial charge on any atom is 0.329 e. The minimum absolute atomic E-state index is 0.269. The van der Waals surface area contributed by atoms with Crippen molar-refractivity contribution < 1.29 is 33.4 Å². The van der Waals surface area contributed by atoms with Gasteiger partial charge in [0.2, 0.25) is 0 Å². The van der Waals surface area contributed by atoms with E-state index < -0.39 is 42.2 Å². The zero-order valence-corrected chi connectivity index (χ0v) is 16.9. The zero-order chi connectivity index (χ0) is 22.1. The Morgan fingerprint density at radius 1 is 0.767 bits per heavy atom. The average Bonchev–Trinajstić information content (AvgIpc) is 2.80. The number of carbonyl (C=O) groups is 4. The Balaban J connectivity index is 2.24. The lowest BCUT2D eigenvalue weighted by atomic mass is 9.95. The summed E-state index contributed by atoms with van der Waals surface area (Å²) in [6.07, 6.45) is -0.462. The highest BCUT2D eigenvalue weighted by molar-refractivity contribution is 5.98. The molecule has 8 heteroatoms. The summed E-state index contributed by atoms with van der Waals surface area (Å²) in [5.41, 5.74) is 2.17. The highest BCUT2D eigenvalue weighted by Crippen LogP contribution is 2.20. The summed E-state index contributed by atoms with van der Waals surface area (Å²) in [6, 6.07) is 14.9. The van der Waals surface area contributed by atoms with Gasteiger partial charge in [0.25, 0.3) is 5.91 Å². The van der Waals surface area contributed by atoms with Crippen LogP contribution in [0.5, 0.6) is 0 Å². The van der Waals surface area contributed by atoms with Gasteiger partial charge in [-0.1, -0.05) is 42.5 Å². The summed E-state index contributed by atoms with van der Waals surface area (Å²) >= 11 is 0.